The molecular weight excluding hydrogens is 176 g/mol. The molecule has 0 aromatic heterocycles. The normalized spacial score (nSPS) is 15.8. The van der Waals surface area contributed by atoms with Crippen molar-refractivity contribution in [1.29, 1.82) is 0 Å². The molecule has 1 aliphatic rings. The summed E-state index contributed by atoms with van der Waals surface area (Å²) >= 11 is 1.59. The van der Waals surface area contributed by atoms with E-state index in [9.17, 15) is 4.79 Å². The number of aliphatic carboxylic acids is 1. The van der Waals surface area contributed by atoms with Crippen molar-refractivity contribution >= 4 is 18.0 Å². The highest BCUT2D eigenvalue weighted by Crippen LogP contribution is 2.12. The van der Waals surface area contributed by atoms with Crippen LogP contribution in [0.2, 0.25) is 0 Å². The van der Waals surface area contributed by atoms with E-state index in [1.165, 1.54) is 25.5 Å². The minimum atomic E-state index is -0.935. The Morgan fingerprint density at radius 2 is 2.17 bits per heavy atom. The molecule has 4 heteroatoms. The van der Waals surface area contributed by atoms with E-state index in [1.54, 1.807) is 12.0 Å². The summed E-state index contributed by atoms with van der Waals surface area (Å²) in [5.74, 6) is 0.259. The van der Waals surface area contributed by atoms with Crippen LogP contribution in [0, 0.1) is 0 Å². The third-order valence-corrected chi connectivity index (χ3v) is 1.94. The van der Waals surface area contributed by atoms with E-state index in [0.717, 1.165) is 6.61 Å². The fraction of sp³-hybridized carbons (Fsp3) is 0.625. The molecule has 0 atom stereocenters. The second-order valence-corrected chi connectivity index (χ2v) is 3.32. The summed E-state index contributed by atoms with van der Waals surface area (Å²) in [5.41, 5.74) is 0.176. The van der Waals surface area contributed by atoms with Crippen LogP contribution in [-0.4, -0.2) is 23.4 Å². The van der Waals surface area contributed by atoms with Crippen LogP contribution in [0.15, 0.2) is 12.2 Å². The summed E-state index contributed by atoms with van der Waals surface area (Å²) in [6.45, 7) is 5.56. The number of rotatable bonds is 1. The van der Waals surface area contributed by atoms with Crippen LogP contribution in [0.1, 0.15) is 19.8 Å². The van der Waals surface area contributed by atoms with Crippen LogP contribution in [0.3, 0.4) is 0 Å². The van der Waals surface area contributed by atoms with E-state index < -0.39 is 5.97 Å². The molecule has 0 saturated carbocycles. The van der Waals surface area contributed by atoms with Crippen LogP contribution in [-0.2, 0) is 8.98 Å². The molecule has 0 aromatic carbocycles. The van der Waals surface area contributed by atoms with Gasteiger partial charge in [0.15, 0.2) is 0 Å². The molecule has 1 fully saturated rings. The number of hydrogen-bond donors (Lipinski definition) is 1. The smallest absolute Gasteiger partial charge is 0.330 e. The number of carboxylic acid groups (broad SMARTS) is 1. The molecule has 0 spiro atoms. The molecule has 1 aliphatic heterocycles. The molecule has 70 valence electrons. The zero-order valence-corrected chi connectivity index (χ0v) is 8.02. The largest absolute Gasteiger partial charge is 0.478 e. The zero-order chi connectivity index (χ0) is 9.40. The van der Waals surface area contributed by atoms with Crippen molar-refractivity contribution in [2.24, 2.45) is 0 Å². The van der Waals surface area contributed by atoms with Gasteiger partial charge in [-0.1, -0.05) is 6.58 Å². The lowest BCUT2D eigenvalue weighted by Crippen LogP contribution is -1.95. The predicted molar refractivity (Wildman–Crippen MR) is 50.1 cm³/mol. The molecule has 0 unspecified atom stereocenters. The second kappa shape index (κ2) is 7.18. The molecule has 0 amide bonds. The highest BCUT2D eigenvalue weighted by Gasteiger charge is 1.96. The first-order chi connectivity index (χ1) is 5.64. The van der Waals surface area contributed by atoms with Crippen molar-refractivity contribution in [3.63, 3.8) is 0 Å². The van der Waals surface area contributed by atoms with E-state index in [4.69, 9.17) is 9.29 Å². The summed E-state index contributed by atoms with van der Waals surface area (Å²) in [6.07, 6.45) is 2.59. The van der Waals surface area contributed by atoms with Gasteiger partial charge < -0.3 is 9.29 Å². The Hall–Kier alpha value is -0.480. The maximum absolute atomic E-state index is 9.60. The summed E-state index contributed by atoms with van der Waals surface area (Å²) < 4.78 is 4.99. The first-order valence-corrected chi connectivity index (χ1v) is 4.69. The van der Waals surface area contributed by atoms with Crippen molar-refractivity contribution in [2.45, 2.75) is 19.8 Å². The fourth-order valence-corrected chi connectivity index (χ4v) is 1.12. The zero-order valence-electron chi connectivity index (χ0n) is 7.21. The van der Waals surface area contributed by atoms with E-state index in [-0.39, 0.29) is 5.57 Å². The molecule has 1 N–H and O–H groups in total. The number of carbonyl (C=O) groups is 1. The van der Waals surface area contributed by atoms with Gasteiger partial charge in [0.25, 0.3) is 0 Å². The quantitative estimate of drug-likeness (QED) is 0.508. The summed E-state index contributed by atoms with van der Waals surface area (Å²) in [4.78, 5) is 9.60. The number of carboxylic acids is 1. The third kappa shape index (κ3) is 7.63. The van der Waals surface area contributed by atoms with Crippen molar-refractivity contribution in [3.8, 4) is 0 Å². The van der Waals surface area contributed by atoms with Crippen LogP contribution in [0.4, 0.5) is 0 Å². The van der Waals surface area contributed by atoms with Gasteiger partial charge in [-0.25, -0.2) is 4.79 Å². The van der Waals surface area contributed by atoms with Gasteiger partial charge in [0.1, 0.15) is 0 Å². The summed E-state index contributed by atoms with van der Waals surface area (Å²) in [7, 11) is 0. The predicted octanol–water partition coefficient (Wildman–Crippen LogP) is 2.09. The second-order valence-electron chi connectivity index (χ2n) is 2.44. The third-order valence-electron chi connectivity index (χ3n) is 1.15. The standard InChI is InChI=1S/C4H6O2.C4H8OS/c1-3(2)4(5)6;1-2-4-6-5-3-1/h1H2,2H3,(H,5,6);1-4H2. The van der Waals surface area contributed by atoms with Gasteiger partial charge in [-0.3, -0.25) is 0 Å². The average molecular weight is 190 g/mol. The van der Waals surface area contributed by atoms with Gasteiger partial charge in [0, 0.05) is 11.3 Å². The molecule has 1 heterocycles. The highest BCUT2D eigenvalue weighted by molar-refractivity contribution is 7.94. The first kappa shape index (κ1) is 11.5. The van der Waals surface area contributed by atoms with E-state index >= 15 is 0 Å². The molecule has 0 aromatic rings. The topological polar surface area (TPSA) is 46.5 Å². The Bertz CT molecular complexity index is 129. The Morgan fingerprint density at radius 1 is 1.58 bits per heavy atom. The Kier molecular flexibility index (Phi) is 6.90. The summed E-state index contributed by atoms with van der Waals surface area (Å²) in [5, 5.41) is 7.89. The van der Waals surface area contributed by atoms with Crippen molar-refractivity contribution in [1.82, 2.24) is 0 Å². The first-order valence-electron chi connectivity index (χ1n) is 3.78. The van der Waals surface area contributed by atoms with Crippen molar-refractivity contribution in [3.05, 3.63) is 12.2 Å². The number of hydrogen-bond acceptors (Lipinski definition) is 3. The average Bonchev–Trinajstić information content (AvgIpc) is 2.08. The Morgan fingerprint density at radius 3 is 2.25 bits per heavy atom. The Labute approximate surface area is 77.0 Å². The fourth-order valence-electron chi connectivity index (χ4n) is 0.440. The van der Waals surface area contributed by atoms with E-state index in [0.29, 0.717) is 0 Å². The highest BCUT2D eigenvalue weighted by atomic mass is 32.2. The lowest BCUT2D eigenvalue weighted by Gasteiger charge is -2.06. The maximum Gasteiger partial charge on any atom is 0.330 e. The van der Waals surface area contributed by atoms with Crippen molar-refractivity contribution < 1.29 is 14.1 Å². The Balaban J connectivity index is 0.000000202. The molecule has 0 bridgehead atoms. The van der Waals surface area contributed by atoms with Gasteiger partial charge in [0.2, 0.25) is 0 Å². The van der Waals surface area contributed by atoms with Gasteiger partial charge in [0.05, 0.1) is 6.61 Å². The molecule has 0 aliphatic carbocycles. The SMILES string of the molecule is C1CCSOC1.C=C(C)C(=O)O. The summed E-state index contributed by atoms with van der Waals surface area (Å²) in [6, 6.07) is 0. The maximum atomic E-state index is 9.60. The van der Waals surface area contributed by atoms with E-state index in [2.05, 4.69) is 6.58 Å². The minimum Gasteiger partial charge on any atom is -0.478 e. The van der Waals surface area contributed by atoms with E-state index in [1.807, 2.05) is 0 Å². The molecule has 12 heavy (non-hydrogen) atoms. The van der Waals surface area contributed by atoms with Crippen LogP contribution in [0.5, 0.6) is 0 Å². The van der Waals surface area contributed by atoms with Gasteiger partial charge in [-0.2, -0.15) is 0 Å². The van der Waals surface area contributed by atoms with Crippen molar-refractivity contribution in [2.75, 3.05) is 12.4 Å². The van der Waals surface area contributed by atoms with Crippen LogP contribution >= 0.6 is 12.0 Å². The lowest BCUT2D eigenvalue weighted by molar-refractivity contribution is -0.132. The molecule has 0 radical (unpaired) electrons. The molecular formula is C8H14O3S. The molecule has 1 rings (SSSR count). The monoisotopic (exact) mass is 190 g/mol. The minimum absolute atomic E-state index is 0.176. The van der Waals surface area contributed by atoms with Gasteiger partial charge >= 0.3 is 5.97 Å². The van der Waals surface area contributed by atoms with Gasteiger partial charge in [-0.15, -0.1) is 0 Å². The molecule has 1 saturated heterocycles. The lowest BCUT2D eigenvalue weighted by atomic mass is 10.4. The molecule has 3 nitrogen and oxygen atoms in total. The van der Waals surface area contributed by atoms with Crippen LogP contribution in [0.25, 0.3) is 0 Å². The van der Waals surface area contributed by atoms with Gasteiger partial charge in [-0.05, 0) is 31.8 Å². The van der Waals surface area contributed by atoms with Crippen LogP contribution < -0.4 is 0 Å².